The fraction of sp³-hybridized carbons (Fsp3) is 0.923. The van der Waals surface area contributed by atoms with Gasteiger partial charge in [-0.1, -0.05) is 20.8 Å². The first-order valence-electron chi connectivity index (χ1n) is 6.71. The van der Waals surface area contributed by atoms with Crippen LogP contribution in [0, 0.1) is 5.92 Å². The SMILES string of the molecule is CCCN(C(CC)CC)C1COCC1C(=O)O. The number of carbonyl (C=O) groups is 1. The Bertz CT molecular complexity index is 241. The number of ether oxygens (including phenoxy) is 1. The van der Waals surface area contributed by atoms with E-state index in [9.17, 15) is 9.90 Å². The Morgan fingerprint density at radius 1 is 1.35 bits per heavy atom. The van der Waals surface area contributed by atoms with E-state index in [1.165, 1.54) is 0 Å². The number of carboxylic acids is 1. The Morgan fingerprint density at radius 3 is 2.47 bits per heavy atom. The highest BCUT2D eigenvalue weighted by Gasteiger charge is 2.39. The normalized spacial score (nSPS) is 24.8. The zero-order chi connectivity index (χ0) is 12.8. The van der Waals surface area contributed by atoms with E-state index in [-0.39, 0.29) is 12.0 Å². The molecule has 1 N–H and O–H groups in total. The number of aliphatic carboxylic acids is 1. The first-order chi connectivity index (χ1) is 8.15. The first-order valence-corrected chi connectivity index (χ1v) is 6.71. The minimum Gasteiger partial charge on any atom is -0.481 e. The van der Waals surface area contributed by atoms with Crippen LogP contribution in [-0.2, 0) is 9.53 Å². The quantitative estimate of drug-likeness (QED) is 0.743. The molecule has 4 nitrogen and oxygen atoms in total. The maximum atomic E-state index is 11.2. The van der Waals surface area contributed by atoms with E-state index in [1.54, 1.807) is 0 Å². The predicted molar refractivity (Wildman–Crippen MR) is 67.1 cm³/mol. The van der Waals surface area contributed by atoms with E-state index in [4.69, 9.17) is 4.74 Å². The summed E-state index contributed by atoms with van der Waals surface area (Å²) in [6, 6.07) is 0.529. The molecule has 0 radical (unpaired) electrons. The second-order valence-electron chi connectivity index (χ2n) is 4.76. The highest BCUT2D eigenvalue weighted by molar-refractivity contribution is 5.71. The van der Waals surface area contributed by atoms with Crippen molar-refractivity contribution in [2.75, 3.05) is 19.8 Å². The molecule has 1 aliphatic rings. The van der Waals surface area contributed by atoms with Crippen molar-refractivity contribution in [1.82, 2.24) is 4.90 Å². The molecule has 4 heteroatoms. The first kappa shape index (κ1) is 14.5. The minimum absolute atomic E-state index is 0.0531. The fourth-order valence-corrected chi connectivity index (χ4v) is 2.74. The van der Waals surface area contributed by atoms with E-state index >= 15 is 0 Å². The second-order valence-corrected chi connectivity index (χ2v) is 4.76. The lowest BCUT2D eigenvalue weighted by Gasteiger charge is -2.36. The molecule has 2 unspecified atom stereocenters. The molecule has 0 aliphatic carbocycles. The van der Waals surface area contributed by atoms with Crippen LogP contribution in [-0.4, -0.2) is 47.8 Å². The van der Waals surface area contributed by atoms with Crippen LogP contribution in [0.2, 0.25) is 0 Å². The molecule has 0 saturated carbocycles. The summed E-state index contributed by atoms with van der Waals surface area (Å²) in [6.07, 6.45) is 3.19. The van der Waals surface area contributed by atoms with E-state index in [0.717, 1.165) is 25.8 Å². The topological polar surface area (TPSA) is 49.8 Å². The molecule has 0 bridgehead atoms. The predicted octanol–water partition coefficient (Wildman–Crippen LogP) is 1.99. The summed E-state index contributed by atoms with van der Waals surface area (Å²) in [5.41, 5.74) is 0. The van der Waals surface area contributed by atoms with Crippen molar-refractivity contribution in [1.29, 1.82) is 0 Å². The van der Waals surface area contributed by atoms with Gasteiger partial charge in [-0.05, 0) is 25.8 Å². The minimum atomic E-state index is -0.723. The summed E-state index contributed by atoms with van der Waals surface area (Å²) >= 11 is 0. The molecule has 1 saturated heterocycles. The van der Waals surface area contributed by atoms with Gasteiger partial charge in [0.05, 0.1) is 19.1 Å². The van der Waals surface area contributed by atoms with Gasteiger partial charge in [-0.15, -0.1) is 0 Å². The summed E-state index contributed by atoms with van der Waals surface area (Å²) in [6.45, 7) is 8.36. The summed E-state index contributed by atoms with van der Waals surface area (Å²) in [5, 5.41) is 9.22. The molecule has 0 spiro atoms. The van der Waals surface area contributed by atoms with Crippen LogP contribution in [0.4, 0.5) is 0 Å². The maximum Gasteiger partial charge on any atom is 0.310 e. The maximum absolute atomic E-state index is 11.2. The van der Waals surface area contributed by atoms with Gasteiger partial charge in [0.1, 0.15) is 0 Å². The monoisotopic (exact) mass is 243 g/mol. The fourth-order valence-electron chi connectivity index (χ4n) is 2.74. The van der Waals surface area contributed by atoms with E-state index in [0.29, 0.717) is 19.3 Å². The van der Waals surface area contributed by atoms with Gasteiger partial charge in [0, 0.05) is 12.1 Å². The smallest absolute Gasteiger partial charge is 0.310 e. The molecule has 1 rings (SSSR count). The molecule has 0 amide bonds. The highest BCUT2D eigenvalue weighted by atomic mass is 16.5. The van der Waals surface area contributed by atoms with Crippen molar-refractivity contribution in [3.8, 4) is 0 Å². The Kier molecular flexibility index (Phi) is 5.92. The Labute approximate surface area is 104 Å². The summed E-state index contributed by atoms with van der Waals surface area (Å²) < 4.78 is 5.37. The van der Waals surface area contributed by atoms with Crippen LogP contribution in [0.1, 0.15) is 40.0 Å². The number of hydrogen-bond donors (Lipinski definition) is 1. The molecule has 0 aromatic heterocycles. The molecule has 1 heterocycles. The number of carboxylic acid groups (broad SMARTS) is 1. The number of hydrogen-bond acceptors (Lipinski definition) is 3. The standard InChI is InChI=1S/C13H25NO3/c1-4-7-14(10(5-2)6-3)12-9-17-8-11(12)13(15)16/h10-12H,4-9H2,1-3H3,(H,15,16). The van der Waals surface area contributed by atoms with Crippen molar-refractivity contribution in [2.45, 2.75) is 52.1 Å². The highest BCUT2D eigenvalue weighted by Crippen LogP contribution is 2.24. The number of nitrogens with zero attached hydrogens (tertiary/aromatic N) is 1. The summed E-state index contributed by atoms with van der Waals surface area (Å²) in [5.74, 6) is -1.08. The third-order valence-electron chi connectivity index (χ3n) is 3.69. The molecular weight excluding hydrogens is 218 g/mol. The summed E-state index contributed by atoms with van der Waals surface area (Å²) in [4.78, 5) is 13.6. The van der Waals surface area contributed by atoms with Crippen molar-refractivity contribution in [3.05, 3.63) is 0 Å². The van der Waals surface area contributed by atoms with Gasteiger partial charge in [-0.25, -0.2) is 0 Å². The largest absolute Gasteiger partial charge is 0.481 e. The van der Waals surface area contributed by atoms with Crippen molar-refractivity contribution in [2.24, 2.45) is 5.92 Å². The van der Waals surface area contributed by atoms with Crippen LogP contribution >= 0.6 is 0 Å². The molecule has 1 aliphatic heterocycles. The molecule has 1 fully saturated rings. The van der Waals surface area contributed by atoms with Crippen molar-refractivity contribution >= 4 is 5.97 Å². The van der Waals surface area contributed by atoms with E-state index in [1.807, 2.05) is 0 Å². The van der Waals surface area contributed by atoms with Gasteiger partial charge in [-0.3, -0.25) is 9.69 Å². The summed E-state index contributed by atoms with van der Waals surface area (Å²) in [7, 11) is 0. The third kappa shape index (κ3) is 3.42. The molecule has 2 atom stereocenters. The Morgan fingerprint density at radius 2 is 2.00 bits per heavy atom. The molecule has 17 heavy (non-hydrogen) atoms. The van der Waals surface area contributed by atoms with Crippen LogP contribution in [0.5, 0.6) is 0 Å². The van der Waals surface area contributed by atoms with Crippen molar-refractivity contribution < 1.29 is 14.6 Å². The number of rotatable bonds is 7. The van der Waals surface area contributed by atoms with Gasteiger partial charge in [0.15, 0.2) is 0 Å². The Hall–Kier alpha value is -0.610. The van der Waals surface area contributed by atoms with Crippen LogP contribution in [0.15, 0.2) is 0 Å². The molecule has 100 valence electrons. The lowest BCUT2D eigenvalue weighted by Crippen LogP contribution is -2.48. The zero-order valence-electron chi connectivity index (χ0n) is 11.2. The molecule has 0 aromatic rings. The van der Waals surface area contributed by atoms with Gasteiger partial charge >= 0.3 is 5.97 Å². The molecule has 0 aromatic carbocycles. The lowest BCUT2D eigenvalue weighted by molar-refractivity contribution is -0.143. The van der Waals surface area contributed by atoms with Crippen LogP contribution in [0.3, 0.4) is 0 Å². The van der Waals surface area contributed by atoms with Gasteiger partial charge in [0.2, 0.25) is 0 Å². The van der Waals surface area contributed by atoms with Crippen LogP contribution < -0.4 is 0 Å². The average molecular weight is 243 g/mol. The zero-order valence-corrected chi connectivity index (χ0v) is 11.2. The van der Waals surface area contributed by atoms with E-state index < -0.39 is 5.97 Å². The van der Waals surface area contributed by atoms with Crippen LogP contribution in [0.25, 0.3) is 0 Å². The van der Waals surface area contributed by atoms with Gasteiger partial charge < -0.3 is 9.84 Å². The van der Waals surface area contributed by atoms with Gasteiger partial charge in [-0.2, -0.15) is 0 Å². The van der Waals surface area contributed by atoms with Crippen molar-refractivity contribution in [3.63, 3.8) is 0 Å². The average Bonchev–Trinajstić information content (AvgIpc) is 2.78. The Balaban J connectivity index is 2.77. The van der Waals surface area contributed by atoms with E-state index in [2.05, 4.69) is 25.7 Å². The second kappa shape index (κ2) is 6.97. The third-order valence-corrected chi connectivity index (χ3v) is 3.69. The molecular formula is C13H25NO3. The lowest BCUT2D eigenvalue weighted by atomic mass is 9.98. The van der Waals surface area contributed by atoms with Gasteiger partial charge in [0.25, 0.3) is 0 Å².